The molecule has 0 aliphatic heterocycles. The lowest BCUT2D eigenvalue weighted by molar-refractivity contribution is -0.126. The lowest BCUT2D eigenvalue weighted by Gasteiger charge is -2.17. The SMILES string of the molecule is CCOCC(=O)NC(c1ccccc1)c1cc2ccccc2o1. The molecule has 3 rings (SSSR count). The molecule has 118 valence electrons. The van der Waals surface area contributed by atoms with Crippen molar-refractivity contribution in [2.75, 3.05) is 13.2 Å². The highest BCUT2D eigenvalue weighted by atomic mass is 16.5. The van der Waals surface area contributed by atoms with Crippen molar-refractivity contribution in [1.29, 1.82) is 0 Å². The molecule has 0 spiro atoms. The Morgan fingerprint density at radius 2 is 1.87 bits per heavy atom. The van der Waals surface area contributed by atoms with E-state index in [0.717, 1.165) is 16.5 Å². The molecular formula is C19H19NO3. The van der Waals surface area contributed by atoms with Gasteiger partial charge in [0.2, 0.25) is 5.91 Å². The third-order valence-electron chi connectivity index (χ3n) is 3.60. The van der Waals surface area contributed by atoms with Crippen LogP contribution in [-0.4, -0.2) is 19.1 Å². The highest BCUT2D eigenvalue weighted by Gasteiger charge is 2.20. The molecule has 1 aromatic heterocycles. The smallest absolute Gasteiger partial charge is 0.246 e. The van der Waals surface area contributed by atoms with E-state index in [1.807, 2.05) is 67.6 Å². The highest BCUT2D eigenvalue weighted by molar-refractivity contribution is 5.80. The summed E-state index contributed by atoms with van der Waals surface area (Å²) in [5.74, 6) is 0.545. The van der Waals surface area contributed by atoms with Gasteiger partial charge in [-0.15, -0.1) is 0 Å². The van der Waals surface area contributed by atoms with Crippen LogP contribution in [0.3, 0.4) is 0 Å². The zero-order valence-corrected chi connectivity index (χ0v) is 13.0. The van der Waals surface area contributed by atoms with Gasteiger partial charge in [0.1, 0.15) is 24.0 Å². The second-order valence-corrected chi connectivity index (χ2v) is 5.23. The van der Waals surface area contributed by atoms with Crippen LogP contribution in [0.5, 0.6) is 0 Å². The predicted molar refractivity (Wildman–Crippen MR) is 89.1 cm³/mol. The number of amides is 1. The Kier molecular flexibility index (Phi) is 4.74. The number of hydrogen-bond acceptors (Lipinski definition) is 3. The van der Waals surface area contributed by atoms with Gasteiger partial charge in [-0.2, -0.15) is 0 Å². The number of furan rings is 1. The summed E-state index contributed by atoms with van der Waals surface area (Å²) in [4.78, 5) is 12.1. The van der Waals surface area contributed by atoms with Crippen LogP contribution in [0.15, 0.2) is 65.1 Å². The summed E-state index contributed by atoms with van der Waals surface area (Å²) in [5.41, 5.74) is 1.78. The van der Waals surface area contributed by atoms with Crippen LogP contribution in [0, 0.1) is 0 Å². The predicted octanol–water partition coefficient (Wildman–Crippen LogP) is 3.67. The van der Waals surface area contributed by atoms with Crippen molar-refractivity contribution in [2.45, 2.75) is 13.0 Å². The first-order valence-electron chi connectivity index (χ1n) is 7.68. The number of ether oxygens (including phenoxy) is 1. The van der Waals surface area contributed by atoms with Crippen molar-refractivity contribution in [2.24, 2.45) is 0 Å². The summed E-state index contributed by atoms with van der Waals surface area (Å²) in [6.07, 6.45) is 0. The zero-order valence-electron chi connectivity index (χ0n) is 13.0. The van der Waals surface area contributed by atoms with E-state index in [2.05, 4.69) is 5.32 Å². The van der Waals surface area contributed by atoms with Crippen molar-refractivity contribution in [3.8, 4) is 0 Å². The van der Waals surface area contributed by atoms with Gasteiger partial charge in [0.05, 0.1) is 0 Å². The van der Waals surface area contributed by atoms with Gasteiger partial charge in [0.25, 0.3) is 0 Å². The van der Waals surface area contributed by atoms with Crippen molar-refractivity contribution < 1.29 is 13.9 Å². The van der Waals surface area contributed by atoms with Crippen LogP contribution in [0.2, 0.25) is 0 Å². The maximum absolute atomic E-state index is 12.1. The molecule has 1 heterocycles. The van der Waals surface area contributed by atoms with Gasteiger partial charge in [-0.3, -0.25) is 4.79 Å². The number of benzene rings is 2. The molecule has 0 aliphatic rings. The fourth-order valence-electron chi connectivity index (χ4n) is 2.51. The number of para-hydroxylation sites is 1. The minimum Gasteiger partial charge on any atom is -0.459 e. The summed E-state index contributed by atoms with van der Waals surface area (Å²) in [6.45, 7) is 2.41. The Morgan fingerprint density at radius 1 is 1.13 bits per heavy atom. The number of carbonyl (C=O) groups is 1. The molecule has 0 bridgehead atoms. The molecule has 0 saturated carbocycles. The Bertz CT molecular complexity index is 746. The van der Waals surface area contributed by atoms with Crippen LogP contribution in [0.4, 0.5) is 0 Å². The largest absolute Gasteiger partial charge is 0.459 e. The molecular weight excluding hydrogens is 290 g/mol. The van der Waals surface area contributed by atoms with Gasteiger partial charge in [0, 0.05) is 12.0 Å². The average Bonchev–Trinajstić information content (AvgIpc) is 3.02. The fraction of sp³-hybridized carbons (Fsp3) is 0.211. The van der Waals surface area contributed by atoms with E-state index in [-0.39, 0.29) is 18.6 Å². The molecule has 23 heavy (non-hydrogen) atoms. The molecule has 1 atom stereocenters. The minimum atomic E-state index is -0.337. The van der Waals surface area contributed by atoms with E-state index in [9.17, 15) is 4.79 Å². The Hall–Kier alpha value is -2.59. The fourth-order valence-corrected chi connectivity index (χ4v) is 2.51. The first-order valence-corrected chi connectivity index (χ1v) is 7.68. The van der Waals surface area contributed by atoms with E-state index in [1.165, 1.54) is 0 Å². The van der Waals surface area contributed by atoms with Gasteiger partial charge in [-0.05, 0) is 24.6 Å². The second kappa shape index (κ2) is 7.11. The molecule has 1 N–H and O–H groups in total. The summed E-state index contributed by atoms with van der Waals surface area (Å²) >= 11 is 0. The Labute approximate surface area is 135 Å². The van der Waals surface area contributed by atoms with Gasteiger partial charge in [-0.1, -0.05) is 48.5 Å². The van der Waals surface area contributed by atoms with Crippen molar-refractivity contribution in [1.82, 2.24) is 5.32 Å². The molecule has 0 fully saturated rings. The van der Waals surface area contributed by atoms with E-state index in [0.29, 0.717) is 12.4 Å². The third kappa shape index (κ3) is 3.60. The van der Waals surface area contributed by atoms with Crippen molar-refractivity contribution in [3.63, 3.8) is 0 Å². The molecule has 1 unspecified atom stereocenters. The molecule has 0 radical (unpaired) electrons. The normalized spacial score (nSPS) is 12.2. The first kappa shape index (κ1) is 15.3. The minimum absolute atomic E-state index is 0.0417. The van der Waals surface area contributed by atoms with Gasteiger partial charge in [-0.25, -0.2) is 0 Å². The monoisotopic (exact) mass is 309 g/mol. The molecule has 2 aromatic carbocycles. The zero-order chi connectivity index (χ0) is 16.1. The van der Waals surface area contributed by atoms with Crippen molar-refractivity contribution in [3.05, 3.63) is 72.0 Å². The molecule has 4 heteroatoms. The quantitative estimate of drug-likeness (QED) is 0.756. The molecule has 1 amide bonds. The number of carbonyl (C=O) groups excluding carboxylic acids is 1. The average molecular weight is 309 g/mol. The van der Waals surface area contributed by atoms with E-state index in [1.54, 1.807) is 0 Å². The number of rotatable bonds is 6. The van der Waals surface area contributed by atoms with E-state index < -0.39 is 0 Å². The van der Waals surface area contributed by atoms with Crippen LogP contribution < -0.4 is 5.32 Å². The summed E-state index contributed by atoms with van der Waals surface area (Å²) in [5, 5.41) is 4.00. The topological polar surface area (TPSA) is 51.5 Å². The Balaban J connectivity index is 1.92. The van der Waals surface area contributed by atoms with Crippen molar-refractivity contribution >= 4 is 16.9 Å². The molecule has 3 aromatic rings. The standard InChI is InChI=1S/C19H19NO3/c1-2-22-13-18(21)20-19(14-8-4-3-5-9-14)17-12-15-10-6-7-11-16(15)23-17/h3-12,19H,2,13H2,1H3,(H,20,21). The molecule has 0 saturated heterocycles. The number of fused-ring (bicyclic) bond motifs is 1. The van der Waals surface area contributed by atoms with Gasteiger partial charge in [0.15, 0.2) is 0 Å². The van der Waals surface area contributed by atoms with Crippen LogP contribution in [-0.2, 0) is 9.53 Å². The molecule has 0 aliphatic carbocycles. The summed E-state index contributed by atoms with van der Waals surface area (Å²) in [6, 6.07) is 19.2. The van der Waals surface area contributed by atoms with E-state index >= 15 is 0 Å². The molecule has 4 nitrogen and oxygen atoms in total. The van der Waals surface area contributed by atoms with Crippen LogP contribution >= 0.6 is 0 Å². The lowest BCUT2D eigenvalue weighted by atomic mass is 10.0. The van der Waals surface area contributed by atoms with Gasteiger partial charge < -0.3 is 14.5 Å². The summed E-state index contributed by atoms with van der Waals surface area (Å²) in [7, 11) is 0. The second-order valence-electron chi connectivity index (χ2n) is 5.23. The van der Waals surface area contributed by atoms with Crippen LogP contribution in [0.1, 0.15) is 24.3 Å². The number of nitrogens with one attached hydrogen (secondary N) is 1. The lowest BCUT2D eigenvalue weighted by Crippen LogP contribution is -2.32. The first-order chi connectivity index (χ1) is 11.3. The third-order valence-corrected chi connectivity index (χ3v) is 3.60. The van der Waals surface area contributed by atoms with Gasteiger partial charge >= 0.3 is 0 Å². The van der Waals surface area contributed by atoms with E-state index in [4.69, 9.17) is 9.15 Å². The maximum Gasteiger partial charge on any atom is 0.246 e. The maximum atomic E-state index is 12.1. The van der Waals surface area contributed by atoms with Crippen LogP contribution in [0.25, 0.3) is 11.0 Å². The highest BCUT2D eigenvalue weighted by Crippen LogP contribution is 2.28. The Morgan fingerprint density at radius 3 is 2.61 bits per heavy atom. The number of hydrogen-bond donors (Lipinski definition) is 1. The summed E-state index contributed by atoms with van der Waals surface area (Å²) < 4.78 is 11.1.